The quantitative estimate of drug-likeness (QED) is 0.509. The van der Waals surface area contributed by atoms with E-state index in [0.29, 0.717) is 0 Å². The maximum absolute atomic E-state index is 3.23. The predicted molar refractivity (Wildman–Crippen MR) is 41.6 cm³/mol. The summed E-state index contributed by atoms with van der Waals surface area (Å²) < 4.78 is 0. The van der Waals surface area contributed by atoms with Gasteiger partial charge in [-0.2, -0.15) is 0 Å². The van der Waals surface area contributed by atoms with Crippen LogP contribution in [0.1, 0.15) is 6.92 Å². The van der Waals surface area contributed by atoms with Crippen molar-refractivity contribution in [3.63, 3.8) is 0 Å². The predicted octanol–water partition coefficient (Wildman–Crippen LogP) is 3.56. The molecule has 1 radical (unpaired) electrons. The second-order valence-electron chi connectivity index (χ2n) is 0.561. The van der Waals surface area contributed by atoms with Gasteiger partial charge < -0.3 is 0 Å². The Morgan fingerprint density at radius 3 is 2.67 bits per heavy atom. The summed E-state index contributed by atoms with van der Waals surface area (Å²) in [5.41, 5.74) is 0. The lowest BCUT2D eigenvalue weighted by Crippen LogP contribution is -1.47. The maximum Gasteiger partial charge on any atom is 0.0717 e. The highest BCUT2D eigenvalue weighted by Gasteiger charge is 1.78. The van der Waals surface area contributed by atoms with Gasteiger partial charge in [0, 0.05) is 0 Å². The summed E-state index contributed by atoms with van der Waals surface area (Å²) in [6.07, 6.45) is 0. The van der Waals surface area contributed by atoms with E-state index in [1.807, 2.05) is 11.4 Å². The Labute approximate surface area is 55.7 Å². The first-order chi connectivity index (χ1) is 2.91. The summed E-state index contributed by atoms with van der Waals surface area (Å²) in [7, 11) is 1.67. The Morgan fingerprint density at radius 2 is 2.50 bits per heavy atom. The van der Waals surface area contributed by atoms with E-state index in [4.69, 9.17) is 0 Å². The first kappa shape index (κ1) is 7.61. The van der Waals surface area contributed by atoms with Crippen LogP contribution >= 0.6 is 43.0 Å². The third kappa shape index (κ3) is 5.61. The largest absolute Gasteiger partial charge is 0.116 e. The Bertz CT molecular complexity index is 23.5. The van der Waals surface area contributed by atoms with Crippen LogP contribution in [0.15, 0.2) is 0 Å². The summed E-state index contributed by atoms with van der Waals surface area (Å²) in [5.74, 6) is 1.21. The molecule has 0 aliphatic heterocycles. The normalized spacial score (nSPS) is 11.0. The monoisotopic (exact) mass is 203 g/mol. The molecule has 6 heavy (non-hydrogen) atoms. The molecular weight excluding hydrogens is 199 g/mol. The van der Waals surface area contributed by atoms with Crippen LogP contribution in [-0.2, 0) is 0 Å². The van der Waals surface area contributed by atoms with Crippen LogP contribution in [0.5, 0.6) is 0 Å². The molecule has 0 aromatic rings. The first-order valence-corrected chi connectivity index (χ1v) is 7.26. The summed E-state index contributed by atoms with van der Waals surface area (Å²) in [4.78, 5) is 0. The average Bonchev–Trinajstić information content (AvgIpc) is 1.61. The third-order valence-corrected chi connectivity index (χ3v) is 6.54. The third-order valence-electron chi connectivity index (χ3n) is 0.210. The Kier molecular flexibility index (Phi) is 8.38. The first-order valence-electron chi connectivity index (χ1n) is 1.52. The summed E-state index contributed by atoms with van der Waals surface area (Å²) in [6, 6.07) is 0. The van der Waals surface area contributed by atoms with Crippen LogP contribution in [0.25, 0.3) is 0 Å². The summed E-state index contributed by atoms with van der Waals surface area (Å²) in [5, 5.41) is 0. The molecule has 0 aliphatic rings. The molecule has 0 bridgehead atoms. The van der Waals surface area contributed by atoms with Gasteiger partial charge in [-0.3, -0.25) is 0 Å². The highest BCUT2D eigenvalue weighted by Crippen LogP contribution is 2.45. The zero-order chi connectivity index (χ0) is 4.83. The van der Waals surface area contributed by atoms with Crippen LogP contribution in [-0.4, -0.2) is 5.75 Å². The molecule has 0 N–H and O–H groups in total. The second-order valence-corrected chi connectivity index (χ2v) is 7.27. The van der Waals surface area contributed by atoms with Crippen LogP contribution in [0, 0.1) is 0 Å². The van der Waals surface area contributed by atoms with E-state index in [1.165, 1.54) is 12.7 Å². The van der Waals surface area contributed by atoms with Crippen molar-refractivity contribution in [2.45, 2.75) is 6.92 Å². The van der Waals surface area contributed by atoms with Crippen molar-refractivity contribution in [2.75, 3.05) is 5.75 Å². The lowest BCUT2D eigenvalue weighted by Gasteiger charge is -1.83. The van der Waals surface area contributed by atoms with Crippen LogP contribution in [0.2, 0.25) is 0 Å². The lowest BCUT2D eigenvalue weighted by molar-refractivity contribution is 1.54. The van der Waals surface area contributed by atoms with Gasteiger partial charge in [0.2, 0.25) is 0 Å². The average molecular weight is 204 g/mol. The molecular formula is C2H5BrPS2. The van der Waals surface area contributed by atoms with E-state index in [0.717, 1.165) is 0 Å². The molecule has 0 fully saturated rings. The highest BCUT2D eigenvalue weighted by molar-refractivity contribution is 9.58. The van der Waals surface area contributed by atoms with Gasteiger partial charge in [0.25, 0.3) is 0 Å². The van der Waals surface area contributed by atoms with Crippen molar-refractivity contribution >= 4 is 43.0 Å². The molecule has 0 atom stereocenters. The lowest BCUT2D eigenvalue weighted by atomic mass is 11.0. The minimum absolute atomic E-state index is 1.21. The SMILES string of the molecule is CCS[P]SBr. The minimum atomic E-state index is 1.21. The fourth-order valence-corrected chi connectivity index (χ4v) is 4.22. The Balaban J connectivity index is 2.34. The van der Waals surface area contributed by atoms with Crippen molar-refractivity contribution in [1.82, 2.24) is 0 Å². The molecule has 37 valence electrons. The number of hydrogen-bond acceptors (Lipinski definition) is 2. The van der Waals surface area contributed by atoms with E-state index in [9.17, 15) is 0 Å². The van der Waals surface area contributed by atoms with Gasteiger partial charge in [-0.05, 0) is 30.4 Å². The molecule has 0 amide bonds. The number of hydrogen-bond donors (Lipinski definition) is 0. The maximum atomic E-state index is 3.23. The van der Waals surface area contributed by atoms with Crippen molar-refractivity contribution in [1.29, 1.82) is 0 Å². The molecule has 0 aromatic heterocycles. The zero-order valence-electron chi connectivity index (χ0n) is 3.35. The van der Waals surface area contributed by atoms with Gasteiger partial charge in [-0.25, -0.2) is 0 Å². The molecule has 0 aliphatic carbocycles. The number of rotatable bonds is 3. The van der Waals surface area contributed by atoms with Crippen LogP contribution in [0.3, 0.4) is 0 Å². The van der Waals surface area contributed by atoms with Gasteiger partial charge in [-0.1, -0.05) is 6.92 Å². The minimum Gasteiger partial charge on any atom is -0.116 e. The van der Waals surface area contributed by atoms with Gasteiger partial charge in [0.15, 0.2) is 0 Å². The molecule has 4 heteroatoms. The highest BCUT2D eigenvalue weighted by atomic mass is 79.9. The Hall–Kier alpha value is 1.61. The van der Waals surface area contributed by atoms with Crippen LogP contribution < -0.4 is 0 Å². The molecule has 0 unspecified atom stereocenters. The van der Waals surface area contributed by atoms with Crippen molar-refractivity contribution < 1.29 is 0 Å². The van der Waals surface area contributed by atoms with E-state index in [2.05, 4.69) is 21.7 Å². The molecule has 0 spiro atoms. The van der Waals surface area contributed by atoms with Crippen molar-refractivity contribution in [2.24, 2.45) is 0 Å². The van der Waals surface area contributed by atoms with E-state index < -0.39 is 0 Å². The van der Waals surface area contributed by atoms with Gasteiger partial charge in [0.1, 0.15) is 0 Å². The smallest absolute Gasteiger partial charge is 0.0717 e. The molecule has 0 nitrogen and oxygen atoms in total. The fourth-order valence-electron chi connectivity index (χ4n) is 0.0726. The van der Waals surface area contributed by atoms with Crippen molar-refractivity contribution in [3.8, 4) is 0 Å². The molecule has 0 heterocycles. The molecule has 0 saturated carbocycles. The molecule has 0 saturated heterocycles. The van der Waals surface area contributed by atoms with E-state index in [-0.39, 0.29) is 0 Å². The number of halogens is 1. The summed E-state index contributed by atoms with van der Waals surface area (Å²) in [6.45, 7) is 3.52. The van der Waals surface area contributed by atoms with Gasteiger partial charge in [0.05, 0.1) is 6.98 Å². The second kappa shape index (κ2) is 6.61. The molecule has 0 rings (SSSR count). The molecule has 0 aromatic carbocycles. The fraction of sp³-hybridized carbons (Fsp3) is 1.00. The topological polar surface area (TPSA) is 0 Å². The van der Waals surface area contributed by atoms with Gasteiger partial charge >= 0.3 is 0 Å². The van der Waals surface area contributed by atoms with E-state index >= 15 is 0 Å². The van der Waals surface area contributed by atoms with Crippen LogP contribution in [0.4, 0.5) is 0 Å². The summed E-state index contributed by atoms with van der Waals surface area (Å²) >= 11 is 5.13. The zero-order valence-corrected chi connectivity index (χ0v) is 7.46. The van der Waals surface area contributed by atoms with Gasteiger partial charge in [-0.15, -0.1) is 11.4 Å². The Morgan fingerprint density at radius 1 is 1.83 bits per heavy atom. The standard InChI is InChI=1S/C2H5BrPS2/c1-2-5-4-6-3/h2H2,1H3. The van der Waals surface area contributed by atoms with E-state index in [1.54, 1.807) is 9.82 Å². The van der Waals surface area contributed by atoms with Crippen molar-refractivity contribution in [3.05, 3.63) is 0 Å².